The number of nitrogens with zero attached hydrogens (tertiary/aromatic N) is 1. The smallest absolute Gasteiger partial charge is 0.0706 e. The number of rotatable bonds is 1. The number of halogens is 1. The molecule has 2 nitrogen and oxygen atoms in total. The summed E-state index contributed by atoms with van der Waals surface area (Å²) in [6.45, 7) is 0.551. The summed E-state index contributed by atoms with van der Waals surface area (Å²) >= 11 is 3.43. The Balaban J connectivity index is 2.79. The summed E-state index contributed by atoms with van der Waals surface area (Å²) < 4.78 is 1.06. The van der Waals surface area contributed by atoms with Crippen LogP contribution in [0.5, 0.6) is 0 Å². The van der Waals surface area contributed by atoms with E-state index in [9.17, 15) is 0 Å². The van der Waals surface area contributed by atoms with E-state index in [1.54, 1.807) is 6.20 Å². The van der Waals surface area contributed by atoms with Gasteiger partial charge in [-0.2, -0.15) is 0 Å². The van der Waals surface area contributed by atoms with Crippen LogP contribution < -0.4 is 5.73 Å². The van der Waals surface area contributed by atoms with Gasteiger partial charge in [-0.25, -0.2) is 0 Å². The molecule has 0 atom stereocenters. The minimum absolute atomic E-state index is 0.551. The van der Waals surface area contributed by atoms with Gasteiger partial charge in [0.25, 0.3) is 0 Å². The molecule has 2 rings (SSSR count). The summed E-state index contributed by atoms with van der Waals surface area (Å²) in [5.41, 5.74) is 7.75. The number of aromatic nitrogens is 1. The third kappa shape index (κ3) is 1.57. The molecule has 0 saturated heterocycles. The SMILES string of the molecule is NCc1ccnc2ccc(Br)cc12. The van der Waals surface area contributed by atoms with Crippen molar-refractivity contribution in [2.24, 2.45) is 5.73 Å². The maximum Gasteiger partial charge on any atom is 0.0706 e. The van der Waals surface area contributed by atoms with Gasteiger partial charge in [-0.1, -0.05) is 15.9 Å². The molecule has 0 amide bonds. The Bertz CT molecular complexity index is 440. The average molecular weight is 237 g/mol. The molecule has 1 aromatic heterocycles. The highest BCUT2D eigenvalue weighted by Gasteiger charge is 1.99. The first-order valence-corrected chi connectivity index (χ1v) is 4.84. The molecule has 0 aliphatic rings. The zero-order chi connectivity index (χ0) is 9.26. The van der Waals surface area contributed by atoms with Crippen molar-refractivity contribution in [2.75, 3.05) is 0 Å². The fourth-order valence-electron chi connectivity index (χ4n) is 1.35. The molecule has 0 spiro atoms. The van der Waals surface area contributed by atoms with Gasteiger partial charge in [-0.3, -0.25) is 4.98 Å². The minimum atomic E-state index is 0.551. The monoisotopic (exact) mass is 236 g/mol. The first-order valence-electron chi connectivity index (χ1n) is 4.04. The van der Waals surface area contributed by atoms with Gasteiger partial charge in [-0.05, 0) is 29.8 Å². The molecule has 3 heteroatoms. The molecule has 0 fully saturated rings. The molecule has 1 aromatic carbocycles. The highest BCUT2D eigenvalue weighted by molar-refractivity contribution is 9.10. The van der Waals surface area contributed by atoms with Gasteiger partial charge in [0.2, 0.25) is 0 Å². The predicted octanol–water partition coefficient (Wildman–Crippen LogP) is 2.46. The van der Waals surface area contributed by atoms with Crippen LogP contribution in [0.2, 0.25) is 0 Å². The quantitative estimate of drug-likeness (QED) is 0.827. The summed E-state index contributed by atoms with van der Waals surface area (Å²) in [5, 5.41) is 1.12. The first kappa shape index (κ1) is 8.66. The van der Waals surface area contributed by atoms with Crippen molar-refractivity contribution in [1.29, 1.82) is 0 Å². The second-order valence-corrected chi connectivity index (χ2v) is 3.75. The first-order chi connectivity index (χ1) is 6.31. The Morgan fingerprint density at radius 3 is 2.92 bits per heavy atom. The maximum absolute atomic E-state index is 5.62. The van der Waals surface area contributed by atoms with E-state index >= 15 is 0 Å². The van der Waals surface area contributed by atoms with Gasteiger partial charge < -0.3 is 5.73 Å². The molecule has 1 heterocycles. The van der Waals surface area contributed by atoms with Crippen LogP contribution in [0.3, 0.4) is 0 Å². The van der Waals surface area contributed by atoms with Gasteiger partial charge in [-0.15, -0.1) is 0 Å². The molecule has 0 radical (unpaired) electrons. The standard InChI is InChI=1S/C10H9BrN2/c11-8-1-2-10-9(5-8)7(6-12)3-4-13-10/h1-5H,6,12H2. The van der Waals surface area contributed by atoms with Crippen molar-refractivity contribution in [2.45, 2.75) is 6.54 Å². The van der Waals surface area contributed by atoms with Gasteiger partial charge in [0.05, 0.1) is 5.52 Å². The third-order valence-corrected chi connectivity index (χ3v) is 2.51. The molecule has 0 aliphatic carbocycles. The number of fused-ring (bicyclic) bond motifs is 1. The summed E-state index contributed by atoms with van der Waals surface area (Å²) in [6, 6.07) is 7.97. The summed E-state index contributed by atoms with van der Waals surface area (Å²) in [4.78, 5) is 4.25. The largest absolute Gasteiger partial charge is 0.326 e. The highest BCUT2D eigenvalue weighted by Crippen LogP contribution is 2.20. The van der Waals surface area contributed by atoms with Crippen LogP contribution in [0.1, 0.15) is 5.56 Å². The van der Waals surface area contributed by atoms with Crippen molar-refractivity contribution < 1.29 is 0 Å². The summed E-state index contributed by atoms with van der Waals surface area (Å²) in [6.07, 6.45) is 1.79. The van der Waals surface area contributed by atoms with E-state index in [0.717, 1.165) is 20.9 Å². The zero-order valence-corrected chi connectivity index (χ0v) is 8.58. The lowest BCUT2D eigenvalue weighted by Crippen LogP contribution is -1.97. The van der Waals surface area contributed by atoms with Gasteiger partial charge in [0.1, 0.15) is 0 Å². The van der Waals surface area contributed by atoms with Gasteiger partial charge >= 0.3 is 0 Å². The van der Waals surface area contributed by atoms with Crippen molar-refractivity contribution in [3.05, 3.63) is 40.5 Å². The third-order valence-electron chi connectivity index (χ3n) is 2.01. The van der Waals surface area contributed by atoms with Crippen molar-refractivity contribution >= 4 is 26.8 Å². The molecule has 2 aromatic rings. The second-order valence-electron chi connectivity index (χ2n) is 2.84. The molecule has 2 N–H and O–H groups in total. The molecular formula is C10H9BrN2. The number of hydrogen-bond acceptors (Lipinski definition) is 2. The van der Waals surface area contributed by atoms with E-state index in [1.807, 2.05) is 24.3 Å². The van der Waals surface area contributed by atoms with Crippen LogP contribution in [0, 0.1) is 0 Å². The Hall–Kier alpha value is -0.930. The van der Waals surface area contributed by atoms with Gasteiger partial charge in [0, 0.05) is 22.6 Å². The lowest BCUT2D eigenvalue weighted by atomic mass is 10.1. The average Bonchev–Trinajstić information content (AvgIpc) is 2.17. The lowest BCUT2D eigenvalue weighted by molar-refractivity contribution is 1.08. The Morgan fingerprint density at radius 1 is 1.31 bits per heavy atom. The fourth-order valence-corrected chi connectivity index (χ4v) is 1.71. The number of hydrogen-bond donors (Lipinski definition) is 1. The molecule has 13 heavy (non-hydrogen) atoms. The Labute approximate surface area is 84.9 Å². The summed E-state index contributed by atoms with van der Waals surface area (Å²) in [7, 11) is 0. The summed E-state index contributed by atoms with van der Waals surface area (Å²) in [5.74, 6) is 0. The molecule has 66 valence electrons. The van der Waals surface area contributed by atoms with Crippen molar-refractivity contribution in [3.8, 4) is 0 Å². The van der Waals surface area contributed by atoms with Crippen molar-refractivity contribution in [3.63, 3.8) is 0 Å². The van der Waals surface area contributed by atoms with Crippen LogP contribution >= 0.6 is 15.9 Å². The van der Waals surface area contributed by atoms with Crippen LogP contribution in [0.25, 0.3) is 10.9 Å². The van der Waals surface area contributed by atoms with Crippen LogP contribution in [0.15, 0.2) is 34.9 Å². The van der Waals surface area contributed by atoms with Crippen LogP contribution in [-0.2, 0) is 6.54 Å². The molecule has 0 unspecified atom stereocenters. The van der Waals surface area contributed by atoms with E-state index in [2.05, 4.69) is 20.9 Å². The van der Waals surface area contributed by atoms with E-state index in [1.165, 1.54) is 0 Å². The van der Waals surface area contributed by atoms with Crippen LogP contribution in [0.4, 0.5) is 0 Å². The van der Waals surface area contributed by atoms with E-state index in [-0.39, 0.29) is 0 Å². The number of nitrogens with two attached hydrogens (primary N) is 1. The Morgan fingerprint density at radius 2 is 2.15 bits per heavy atom. The Kier molecular flexibility index (Phi) is 2.29. The van der Waals surface area contributed by atoms with E-state index in [0.29, 0.717) is 6.54 Å². The van der Waals surface area contributed by atoms with Crippen LogP contribution in [-0.4, -0.2) is 4.98 Å². The molecular weight excluding hydrogens is 228 g/mol. The predicted molar refractivity (Wildman–Crippen MR) is 57.3 cm³/mol. The topological polar surface area (TPSA) is 38.9 Å². The minimum Gasteiger partial charge on any atom is -0.326 e. The fraction of sp³-hybridized carbons (Fsp3) is 0.100. The number of pyridine rings is 1. The molecule has 0 aliphatic heterocycles. The highest BCUT2D eigenvalue weighted by atomic mass is 79.9. The normalized spacial score (nSPS) is 10.6. The second kappa shape index (κ2) is 3.44. The maximum atomic E-state index is 5.62. The van der Waals surface area contributed by atoms with E-state index in [4.69, 9.17) is 5.73 Å². The number of benzene rings is 1. The lowest BCUT2D eigenvalue weighted by Gasteiger charge is -2.02. The zero-order valence-electron chi connectivity index (χ0n) is 7.00. The van der Waals surface area contributed by atoms with Gasteiger partial charge in [0.15, 0.2) is 0 Å². The van der Waals surface area contributed by atoms with Crippen molar-refractivity contribution in [1.82, 2.24) is 4.98 Å². The van der Waals surface area contributed by atoms with E-state index < -0.39 is 0 Å². The molecule has 0 bridgehead atoms. The molecule has 0 saturated carbocycles.